The fourth-order valence-electron chi connectivity index (χ4n) is 1.51. The molecule has 0 radical (unpaired) electrons. The Kier molecular flexibility index (Phi) is 5.22. The first-order valence-electron chi connectivity index (χ1n) is 5.24. The van der Waals surface area contributed by atoms with E-state index in [1.807, 2.05) is 6.07 Å². The van der Waals surface area contributed by atoms with Crippen LogP contribution in [0.1, 0.15) is 12.0 Å². The van der Waals surface area contributed by atoms with Gasteiger partial charge in [0.15, 0.2) is 11.6 Å². The van der Waals surface area contributed by atoms with Crippen LogP contribution in [0.25, 0.3) is 0 Å². The van der Waals surface area contributed by atoms with Crippen LogP contribution in [0.5, 0.6) is 5.75 Å². The number of benzene rings is 1. The van der Waals surface area contributed by atoms with Crippen LogP contribution in [-0.4, -0.2) is 26.9 Å². The second kappa shape index (κ2) is 6.45. The molecule has 16 heavy (non-hydrogen) atoms. The van der Waals surface area contributed by atoms with Crippen molar-refractivity contribution in [1.29, 1.82) is 0 Å². The average molecular weight is 227 g/mol. The normalized spacial score (nSPS) is 12.5. The van der Waals surface area contributed by atoms with Crippen molar-refractivity contribution in [2.45, 2.75) is 18.9 Å². The molecular weight excluding hydrogens is 209 g/mol. The second-order valence-corrected chi connectivity index (χ2v) is 3.71. The third kappa shape index (κ3) is 3.79. The molecule has 0 saturated carbocycles. The minimum Gasteiger partial charge on any atom is -0.494 e. The first kappa shape index (κ1) is 12.9. The molecule has 0 aliphatic carbocycles. The van der Waals surface area contributed by atoms with E-state index in [2.05, 4.69) is 0 Å². The van der Waals surface area contributed by atoms with E-state index in [-0.39, 0.29) is 17.6 Å². The van der Waals surface area contributed by atoms with Gasteiger partial charge in [0.2, 0.25) is 0 Å². The lowest BCUT2D eigenvalue weighted by Gasteiger charge is -2.11. The quantitative estimate of drug-likeness (QED) is 0.805. The Morgan fingerprint density at radius 3 is 2.69 bits per heavy atom. The van der Waals surface area contributed by atoms with Gasteiger partial charge in [0, 0.05) is 19.8 Å². The Labute approximate surface area is 95.4 Å². The van der Waals surface area contributed by atoms with Gasteiger partial charge in [-0.2, -0.15) is 0 Å². The van der Waals surface area contributed by atoms with Crippen LogP contribution in [0.3, 0.4) is 0 Å². The van der Waals surface area contributed by atoms with Crippen molar-refractivity contribution >= 4 is 0 Å². The van der Waals surface area contributed by atoms with Gasteiger partial charge in [-0.25, -0.2) is 4.39 Å². The third-order valence-electron chi connectivity index (χ3n) is 2.41. The van der Waals surface area contributed by atoms with E-state index < -0.39 is 0 Å². The maximum Gasteiger partial charge on any atom is 0.165 e. The molecule has 90 valence electrons. The summed E-state index contributed by atoms with van der Waals surface area (Å²) < 4.78 is 23.1. The summed E-state index contributed by atoms with van der Waals surface area (Å²) >= 11 is 0. The van der Waals surface area contributed by atoms with Crippen LogP contribution in [0.15, 0.2) is 18.2 Å². The SMILES string of the molecule is COCCC(N)Cc1ccc(OC)c(F)c1. The molecule has 0 aliphatic heterocycles. The van der Waals surface area contributed by atoms with Gasteiger partial charge in [-0.05, 0) is 30.5 Å². The van der Waals surface area contributed by atoms with E-state index in [4.69, 9.17) is 15.2 Å². The first-order chi connectivity index (χ1) is 7.67. The van der Waals surface area contributed by atoms with Gasteiger partial charge in [0.25, 0.3) is 0 Å². The second-order valence-electron chi connectivity index (χ2n) is 3.71. The van der Waals surface area contributed by atoms with Crippen LogP contribution in [0.2, 0.25) is 0 Å². The topological polar surface area (TPSA) is 44.5 Å². The molecule has 0 saturated heterocycles. The van der Waals surface area contributed by atoms with Gasteiger partial charge >= 0.3 is 0 Å². The van der Waals surface area contributed by atoms with Crippen molar-refractivity contribution in [2.75, 3.05) is 20.8 Å². The monoisotopic (exact) mass is 227 g/mol. The van der Waals surface area contributed by atoms with Crippen molar-refractivity contribution in [1.82, 2.24) is 0 Å². The van der Waals surface area contributed by atoms with Gasteiger partial charge in [-0.1, -0.05) is 6.07 Å². The van der Waals surface area contributed by atoms with Crippen molar-refractivity contribution in [3.8, 4) is 5.75 Å². The minimum atomic E-state index is -0.348. The van der Waals surface area contributed by atoms with E-state index in [1.54, 1.807) is 13.2 Å². The molecule has 0 bridgehead atoms. The highest BCUT2D eigenvalue weighted by atomic mass is 19.1. The Morgan fingerprint density at radius 2 is 2.12 bits per heavy atom. The highest BCUT2D eigenvalue weighted by Gasteiger charge is 2.07. The molecule has 1 atom stereocenters. The molecule has 1 aromatic carbocycles. The maximum atomic E-state index is 13.4. The van der Waals surface area contributed by atoms with Crippen LogP contribution >= 0.6 is 0 Å². The van der Waals surface area contributed by atoms with Gasteiger partial charge in [-0.15, -0.1) is 0 Å². The Bertz CT molecular complexity index is 331. The van der Waals surface area contributed by atoms with Crippen LogP contribution in [0, 0.1) is 5.82 Å². The molecule has 1 rings (SSSR count). The first-order valence-corrected chi connectivity index (χ1v) is 5.24. The number of nitrogens with two attached hydrogens (primary N) is 1. The molecule has 1 unspecified atom stereocenters. The molecule has 3 nitrogen and oxygen atoms in total. The van der Waals surface area contributed by atoms with Crippen molar-refractivity contribution in [2.24, 2.45) is 5.73 Å². The maximum absolute atomic E-state index is 13.4. The molecule has 0 spiro atoms. The summed E-state index contributed by atoms with van der Waals surface area (Å²) in [6.45, 7) is 0.625. The Balaban J connectivity index is 2.57. The largest absolute Gasteiger partial charge is 0.494 e. The summed E-state index contributed by atoms with van der Waals surface area (Å²) in [6, 6.07) is 4.90. The molecule has 4 heteroatoms. The molecule has 0 aliphatic rings. The molecular formula is C12H18FNO2. The fourth-order valence-corrected chi connectivity index (χ4v) is 1.51. The number of methoxy groups -OCH3 is 2. The molecule has 2 N–H and O–H groups in total. The fraction of sp³-hybridized carbons (Fsp3) is 0.500. The van der Waals surface area contributed by atoms with Crippen molar-refractivity contribution in [3.05, 3.63) is 29.6 Å². The average Bonchev–Trinajstić information content (AvgIpc) is 2.26. The summed E-state index contributed by atoms with van der Waals surface area (Å²) in [5.74, 6) is -0.0897. The third-order valence-corrected chi connectivity index (χ3v) is 2.41. The zero-order valence-corrected chi connectivity index (χ0v) is 9.70. The number of rotatable bonds is 6. The zero-order valence-electron chi connectivity index (χ0n) is 9.70. The van der Waals surface area contributed by atoms with Crippen LogP contribution in [-0.2, 0) is 11.2 Å². The Hall–Kier alpha value is -1.13. The van der Waals surface area contributed by atoms with E-state index in [0.29, 0.717) is 13.0 Å². The van der Waals surface area contributed by atoms with Crippen molar-refractivity contribution in [3.63, 3.8) is 0 Å². The summed E-state index contributed by atoms with van der Waals surface area (Å²) in [4.78, 5) is 0. The number of hydrogen-bond donors (Lipinski definition) is 1. The summed E-state index contributed by atoms with van der Waals surface area (Å²) in [7, 11) is 3.09. The van der Waals surface area contributed by atoms with Gasteiger partial charge in [0.05, 0.1) is 7.11 Å². The molecule has 0 aromatic heterocycles. The molecule has 0 amide bonds. The predicted molar refractivity (Wildman–Crippen MR) is 61.1 cm³/mol. The highest BCUT2D eigenvalue weighted by molar-refractivity contribution is 5.29. The Morgan fingerprint density at radius 1 is 1.38 bits per heavy atom. The summed E-state index contributed by atoms with van der Waals surface area (Å²) in [5.41, 5.74) is 6.76. The van der Waals surface area contributed by atoms with E-state index >= 15 is 0 Å². The summed E-state index contributed by atoms with van der Waals surface area (Å²) in [5, 5.41) is 0. The van der Waals surface area contributed by atoms with Gasteiger partial charge in [-0.3, -0.25) is 0 Å². The molecule has 0 heterocycles. The van der Waals surface area contributed by atoms with Gasteiger partial charge in [0.1, 0.15) is 0 Å². The lowest BCUT2D eigenvalue weighted by molar-refractivity contribution is 0.188. The predicted octanol–water partition coefficient (Wildman–Crippen LogP) is 1.74. The standard InChI is InChI=1S/C12H18FNO2/c1-15-6-5-10(14)7-9-3-4-12(16-2)11(13)8-9/h3-4,8,10H,5-7,14H2,1-2H3. The van der Waals surface area contributed by atoms with E-state index in [0.717, 1.165) is 12.0 Å². The zero-order chi connectivity index (χ0) is 12.0. The smallest absolute Gasteiger partial charge is 0.165 e. The minimum absolute atomic E-state index is 0.00672. The number of ether oxygens (including phenoxy) is 2. The molecule has 1 aromatic rings. The molecule has 0 fully saturated rings. The number of hydrogen-bond acceptors (Lipinski definition) is 3. The van der Waals surface area contributed by atoms with Crippen molar-refractivity contribution < 1.29 is 13.9 Å². The van der Waals surface area contributed by atoms with Crippen LogP contribution in [0.4, 0.5) is 4.39 Å². The lowest BCUT2D eigenvalue weighted by Crippen LogP contribution is -2.24. The van der Waals surface area contributed by atoms with E-state index in [9.17, 15) is 4.39 Å². The number of halogens is 1. The lowest BCUT2D eigenvalue weighted by atomic mass is 10.0. The van der Waals surface area contributed by atoms with Crippen LogP contribution < -0.4 is 10.5 Å². The highest BCUT2D eigenvalue weighted by Crippen LogP contribution is 2.18. The van der Waals surface area contributed by atoms with Gasteiger partial charge < -0.3 is 15.2 Å². The van der Waals surface area contributed by atoms with E-state index in [1.165, 1.54) is 13.2 Å². The summed E-state index contributed by atoms with van der Waals surface area (Å²) in [6.07, 6.45) is 1.41.